The number of hydrogen-bond donors (Lipinski definition) is 2. The SMILES string of the molecule is CC(C)CCC(=O)NCc1cccc(CNc2cc(-c3ccccc3Cl)nc3c(Br)cnn23)c1. The van der Waals surface area contributed by atoms with Gasteiger partial charge >= 0.3 is 0 Å². The van der Waals surface area contributed by atoms with Gasteiger partial charge in [0.2, 0.25) is 5.91 Å². The Kier molecular flexibility index (Phi) is 7.85. The highest BCUT2D eigenvalue weighted by Gasteiger charge is 2.13. The van der Waals surface area contributed by atoms with E-state index in [4.69, 9.17) is 16.6 Å². The molecule has 2 heterocycles. The Labute approximate surface area is 212 Å². The summed E-state index contributed by atoms with van der Waals surface area (Å²) >= 11 is 9.97. The monoisotopic (exact) mass is 539 g/mol. The first-order valence-electron chi connectivity index (χ1n) is 11.3. The maximum Gasteiger partial charge on any atom is 0.220 e. The van der Waals surface area contributed by atoms with Crippen molar-refractivity contribution in [3.63, 3.8) is 0 Å². The largest absolute Gasteiger partial charge is 0.366 e. The highest BCUT2D eigenvalue weighted by molar-refractivity contribution is 9.10. The van der Waals surface area contributed by atoms with E-state index in [1.165, 1.54) is 0 Å². The number of nitrogens with zero attached hydrogens (tertiary/aromatic N) is 3. The van der Waals surface area contributed by atoms with Gasteiger partial charge in [-0.3, -0.25) is 4.79 Å². The molecule has 0 bridgehead atoms. The highest BCUT2D eigenvalue weighted by Crippen LogP contribution is 2.30. The van der Waals surface area contributed by atoms with Crippen LogP contribution in [0.15, 0.2) is 65.3 Å². The average Bonchev–Trinajstić information content (AvgIpc) is 3.21. The summed E-state index contributed by atoms with van der Waals surface area (Å²) in [6.07, 6.45) is 3.19. The second kappa shape index (κ2) is 11.0. The lowest BCUT2D eigenvalue weighted by atomic mass is 10.1. The summed E-state index contributed by atoms with van der Waals surface area (Å²) in [5.74, 6) is 1.42. The Morgan fingerprint density at radius 2 is 1.85 bits per heavy atom. The predicted molar refractivity (Wildman–Crippen MR) is 141 cm³/mol. The van der Waals surface area contributed by atoms with Crippen molar-refractivity contribution in [2.45, 2.75) is 39.8 Å². The Hall–Kier alpha value is -2.90. The normalized spacial score (nSPS) is 11.2. The first kappa shape index (κ1) is 24.2. The van der Waals surface area contributed by atoms with Crippen molar-refractivity contribution in [1.29, 1.82) is 0 Å². The zero-order chi connectivity index (χ0) is 24.1. The molecule has 0 aliphatic heterocycles. The van der Waals surface area contributed by atoms with E-state index < -0.39 is 0 Å². The number of anilines is 1. The van der Waals surface area contributed by atoms with Gasteiger partial charge in [-0.2, -0.15) is 9.61 Å². The van der Waals surface area contributed by atoms with Gasteiger partial charge in [-0.05, 0) is 45.5 Å². The van der Waals surface area contributed by atoms with Crippen molar-refractivity contribution in [1.82, 2.24) is 19.9 Å². The summed E-state index contributed by atoms with van der Waals surface area (Å²) < 4.78 is 2.57. The molecule has 6 nitrogen and oxygen atoms in total. The summed E-state index contributed by atoms with van der Waals surface area (Å²) in [5, 5.41) is 11.6. The van der Waals surface area contributed by atoms with Gasteiger partial charge in [0.25, 0.3) is 0 Å². The van der Waals surface area contributed by atoms with Crippen molar-refractivity contribution in [2.24, 2.45) is 5.92 Å². The van der Waals surface area contributed by atoms with Crippen LogP contribution in [0.3, 0.4) is 0 Å². The maximum absolute atomic E-state index is 12.1. The van der Waals surface area contributed by atoms with Crippen LogP contribution in [-0.4, -0.2) is 20.5 Å². The molecule has 0 atom stereocenters. The highest BCUT2D eigenvalue weighted by atomic mass is 79.9. The fourth-order valence-corrected chi connectivity index (χ4v) is 4.20. The van der Waals surface area contributed by atoms with Gasteiger partial charge in [0.15, 0.2) is 5.65 Å². The van der Waals surface area contributed by atoms with E-state index in [0.717, 1.165) is 39.1 Å². The number of rotatable bonds is 9. The summed E-state index contributed by atoms with van der Waals surface area (Å²) in [6.45, 7) is 5.36. The third-order valence-electron chi connectivity index (χ3n) is 5.48. The quantitative estimate of drug-likeness (QED) is 0.255. The van der Waals surface area contributed by atoms with Crippen LogP contribution in [0.5, 0.6) is 0 Å². The van der Waals surface area contributed by atoms with Gasteiger partial charge in [0, 0.05) is 36.2 Å². The zero-order valence-corrected chi connectivity index (χ0v) is 21.5. The molecule has 34 heavy (non-hydrogen) atoms. The number of fused-ring (bicyclic) bond motifs is 1. The lowest BCUT2D eigenvalue weighted by Crippen LogP contribution is -2.22. The van der Waals surface area contributed by atoms with Crippen molar-refractivity contribution in [2.75, 3.05) is 5.32 Å². The number of amides is 1. The minimum atomic E-state index is 0.0905. The van der Waals surface area contributed by atoms with Crippen LogP contribution in [0.4, 0.5) is 5.82 Å². The number of benzene rings is 2. The van der Waals surface area contributed by atoms with Crippen LogP contribution in [0.2, 0.25) is 5.02 Å². The molecular formula is C26H27BrClN5O. The van der Waals surface area contributed by atoms with Gasteiger partial charge in [-0.15, -0.1) is 0 Å². The van der Waals surface area contributed by atoms with Crippen molar-refractivity contribution < 1.29 is 4.79 Å². The lowest BCUT2D eigenvalue weighted by Gasteiger charge is -2.13. The van der Waals surface area contributed by atoms with E-state index >= 15 is 0 Å². The summed E-state index contributed by atoms with van der Waals surface area (Å²) in [6, 6.07) is 17.8. The summed E-state index contributed by atoms with van der Waals surface area (Å²) in [7, 11) is 0. The lowest BCUT2D eigenvalue weighted by molar-refractivity contribution is -0.121. The maximum atomic E-state index is 12.1. The fraction of sp³-hybridized carbons (Fsp3) is 0.269. The van der Waals surface area contributed by atoms with Crippen molar-refractivity contribution in [3.05, 3.63) is 81.4 Å². The smallest absolute Gasteiger partial charge is 0.220 e. The topological polar surface area (TPSA) is 71.3 Å². The van der Waals surface area contributed by atoms with Gasteiger partial charge in [0.1, 0.15) is 5.82 Å². The number of carbonyl (C=O) groups is 1. The van der Waals surface area contributed by atoms with Gasteiger partial charge < -0.3 is 10.6 Å². The van der Waals surface area contributed by atoms with Crippen LogP contribution < -0.4 is 10.6 Å². The van der Waals surface area contributed by atoms with E-state index in [-0.39, 0.29) is 5.91 Å². The molecule has 0 saturated carbocycles. The fourth-order valence-electron chi connectivity index (χ4n) is 3.62. The molecule has 2 aromatic heterocycles. The molecular weight excluding hydrogens is 514 g/mol. The average molecular weight is 541 g/mol. The standard InChI is InChI=1S/C26H27BrClN5O/c1-17(2)10-11-25(34)30-15-19-7-5-6-18(12-19)14-29-24-13-23(20-8-3-4-9-22(20)28)32-26-21(27)16-31-33(24)26/h3-9,12-13,16-17,29H,10-11,14-15H2,1-2H3,(H,30,34). The van der Waals surface area contributed by atoms with Gasteiger partial charge in [-0.25, -0.2) is 4.98 Å². The zero-order valence-electron chi connectivity index (χ0n) is 19.2. The molecule has 4 rings (SSSR count). The number of hydrogen-bond acceptors (Lipinski definition) is 4. The molecule has 0 spiro atoms. The molecule has 2 N–H and O–H groups in total. The molecule has 0 radical (unpaired) electrons. The van der Waals surface area contributed by atoms with E-state index in [1.807, 2.05) is 42.5 Å². The van der Waals surface area contributed by atoms with Gasteiger partial charge in [0.05, 0.1) is 16.4 Å². The summed E-state index contributed by atoms with van der Waals surface area (Å²) in [4.78, 5) is 16.8. The molecule has 8 heteroatoms. The Morgan fingerprint density at radius 3 is 2.62 bits per heavy atom. The molecule has 1 amide bonds. The molecule has 0 aliphatic carbocycles. The van der Waals surface area contributed by atoms with Crippen LogP contribution in [0.25, 0.3) is 16.9 Å². The number of nitrogens with one attached hydrogen (secondary N) is 2. The minimum Gasteiger partial charge on any atom is -0.366 e. The van der Waals surface area contributed by atoms with Crippen LogP contribution in [0, 0.1) is 5.92 Å². The van der Waals surface area contributed by atoms with E-state index in [9.17, 15) is 4.79 Å². The Balaban J connectivity index is 1.50. The number of carbonyl (C=O) groups excluding carboxylic acids is 1. The number of halogens is 2. The van der Waals surface area contributed by atoms with E-state index in [2.05, 4.69) is 57.6 Å². The third kappa shape index (κ3) is 5.96. The van der Waals surface area contributed by atoms with Crippen LogP contribution >= 0.6 is 27.5 Å². The molecule has 0 unspecified atom stereocenters. The third-order valence-corrected chi connectivity index (χ3v) is 6.37. The van der Waals surface area contributed by atoms with Crippen molar-refractivity contribution in [3.8, 4) is 11.3 Å². The van der Waals surface area contributed by atoms with Crippen LogP contribution in [-0.2, 0) is 17.9 Å². The summed E-state index contributed by atoms with van der Waals surface area (Å²) in [5.41, 5.74) is 4.50. The predicted octanol–water partition coefficient (Wildman–Crippen LogP) is 6.48. The second-order valence-electron chi connectivity index (χ2n) is 8.62. The minimum absolute atomic E-state index is 0.0905. The first-order valence-corrected chi connectivity index (χ1v) is 12.5. The van der Waals surface area contributed by atoms with Crippen molar-refractivity contribution >= 4 is 44.9 Å². The van der Waals surface area contributed by atoms with Crippen LogP contribution in [0.1, 0.15) is 37.8 Å². The van der Waals surface area contributed by atoms with E-state index in [1.54, 1.807) is 10.7 Å². The Morgan fingerprint density at radius 1 is 1.09 bits per heavy atom. The van der Waals surface area contributed by atoms with E-state index in [0.29, 0.717) is 36.1 Å². The van der Waals surface area contributed by atoms with Gasteiger partial charge in [-0.1, -0.05) is 67.9 Å². The molecule has 2 aromatic carbocycles. The second-order valence-corrected chi connectivity index (χ2v) is 9.88. The molecule has 0 fully saturated rings. The molecule has 0 saturated heterocycles. The molecule has 176 valence electrons. The molecule has 4 aromatic rings. The first-order chi connectivity index (χ1) is 16.4. The number of aromatic nitrogens is 3. The molecule has 0 aliphatic rings. The Bertz CT molecular complexity index is 1300.